The average molecular weight is 366 g/mol. The summed E-state index contributed by atoms with van der Waals surface area (Å²) in [6, 6.07) is 10.2. The summed E-state index contributed by atoms with van der Waals surface area (Å²) in [5.41, 5.74) is 3.67. The van der Waals surface area contributed by atoms with Crippen LogP contribution in [-0.4, -0.2) is 29.2 Å². The van der Waals surface area contributed by atoms with Crippen LogP contribution in [0.1, 0.15) is 42.0 Å². The van der Waals surface area contributed by atoms with Crippen molar-refractivity contribution >= 4 is 5.91 Å². The number of rotatable bonds is 6. The first-order valence-corrected chi connectivity index (χ1v) is 9.65. The van der Waals surface area contributed by atoms with E-state index in [9.17, 15) is 9.90 Å². The number of hydrogen-bond donors (Lipinski definition) is 2. The normalized spacial score (nSPS) is 22.6. The zero-order chi connectivity index (χ0) is 18.8. The van der Waals surface area contributed by atoms with Gasteiger partial charge in [0.1, 0.15) is 5.75 Å². The van der Waals surface area contributed by atoms with E-state index in [-0.39, 0.29) is 24.0 Å². The second-order valence-corrected chi connectivity index (χ2v) is 7.84. The third-order valence-electron chi connectivity index (χ3n) is 5.88. The number of methoxy groups -OCH3 is 1. The van der Waals surface area contributed by atoms with E-state index in [1.807, 2.05) is 6.07 Å². The van der Waals surface area contributed by atoms with E-state index < -0.39 is 0 Å². The van der Waals surface area contributed by atoms with Gasteiger partial charge in [-0.05, 0) is 60.3 Å². The summed E-state index contributed by atoms with van der Waals surface area (Å²) in [6.45, 7) is 0. The molecule has 1 aromatic heterocycles. The standard InChI is InChI=1S/C22H26N2O3/c1-27-20-11-18(12-23-13-20)22(17-9-19(25)10-17)24-21(26)8-14-6-15-4-2-3-5-16(15)7-14/h2-5,11-14,17,19,22,25H,6-10H2,1H3,(H,24,26). The van der Waals surface area contributed by atoms with Crippen LogP contribution in [0.5, 0.6) is 5.75 Å². The Hall–Kier alpha value is -2.40. The Kier molecular flexibility index (Phi) is 5.12. The highest BCUT2D eigenvalue weighted by Gasteiger charge is 2.36. The summed E-state index contributed by atoms with van der Waals surface area (Å²) >= 11 is 0. The zero-order valence-corrected chi connectivity index (χ0v) is 15.6. The van der Waals surface area contributed by atoms with Crippen LogP contribution in [-0.2, 0) is 17.6 Å². The fourth-order valence-corrected chi connectivity index (χ4v) is 4.38. The van der Waals surface area contributed by atoms with Crippen molar-refractivity contribution in [3.05, 3.63) is 59.4 Å². The highest BCUT2D eigenvalue weighted by Crippen LogP contribution is 2.39. The van der Waals surface area contributed by atoms with Crippen LogP contribution in [0.15, 0.2) is 42.7 Å². The fourth-order valence-electron chi connectivity index (χ4n) is 4.38. The first-order chi connectivity index (χ1) is 13.1. The van der Waals surface area contributed by atoms with Crippen LogP contribution in [0.3, 0.4) is 0 Å². The molecule has 0 radical (unpaired) electrons. The molecular weight excluding hydrogens is 340 g/mol. The largest absolute Gasteiger partial charge is 0.495 e. The van der Waals surface area contributed by atoms with Crippen LogP contribution in [0.25, 0.3) is 0 Å². The maximum absolute atomic E-state index is 12.8. The average Bonchev–Trinajstić information content (AvgIpc) is 3.06. The predicted octanol–water partition coefficient (Wildman–Crippen LogP) is 2.82. The Balaban J connectivity index is 1.43. The summed E-state index contributed by atoms with van der Waals surface area (Å²) in [7, 11) is 1.61. The van der Waals surface area contributed by atoms with Crippen molar-refractivity contribution in [1.29, 1.82) is 0 Å². The van der Waals surface area contributed by atoms with Crippen molar-refractivity contribution in [3.8, 4) is 5.75 Å². The molecule has 0 bridgehead atoms. The molecule has 2 aromatic rings. The summed E-state index contributed by atoms with van der Waals surface area (Å²) in [4.78, 5) is 17.0. The molecule has 5 nitrogen and oxygen atoms in total. The molecule has 1 unspecified atom stereocenters. The maximum Gasteiger partial charge on any atom is 0.220 e. The minimum Gasteiger partial charge on any atom is -0.495 e. The summed E-state index contributed by atoms with van der Waals surface area (Å²) in [5, 5.41) is 12.9. The molecular formula is C22H26N2O3. The van der Waals surface area contributed by atoms with Gasteiger partial charge in [-0.3, -0.25) is 9.78 Å². The van der Waals surface area contributed by atoms with Crippen molar-refractivity contribution in [2.75, 3.05) is 7.11 Å². The fraction of sp³-hybridized carbons (Fsp3) is 0.455. The van der Waals surface area contributed by atoms with Crippen molar-refractivity contribution in [2.45, 2.75) is 44.2 Å². The Morgan fingerprint density at radius 3 is 2.59 bits per heavy atom. The molecule has 2 aliphatic rings. The van der Waals surface area contributed by atoms with E-state index in [2.05, 4.69) is 34.6 Å². The van der Waals surface area contributed by atoms with Crippen molar-refractivity contribution in [3.63, 3.8) is 0 Å². The van der Waals surface area contributed by atoms with Crippen molar-refractivity contribution in [2.24, 2.45) is 11.8 Å². The molecule has 1 fully saturated rings. The molecule has 0 saturated heterocycles. The van der Waals surface area contributed by atoms with Crippen LogP contribution >= 0.6 is 0 Å². The molecule has 1 atom stereocenters. The van der Waals surface area contributed by atoms with E-state index in [1.165, 1.54) is 11.1 Å². The Morgan fingerprint density at radius 2 is 1.96 bits per heavy atom. The number of amides is 1. The Bertz CT molecular complexity index is 792. The SMILES string of the molecule is COc1cncc(C(NC(=O)CC2Cc3ccccc3C2)C2CC(O)C2)c1. The quantitative estimate of drug-likeness (QED) is 0.825. The molecule has 4 rings (SSSR count). The van der Waals surface area contributed by atoms with Gasteiger partial charge in [0, 0.05) is 12.6 Å². The van der Waals surface area contributed by atoms with E-state index in [0.717, 1.165) is 18.4 Å². The van der Waals surface area contributed by atoms with Gasteiger partial charge in [-0.1, -0.05) is 24.3 Å². The van der Waals surface area contributed by atoms with Crippen LogP contribution in [0, 0.1) is 11.8 Å². The Labute approximate surface area is 159 Å². The summed E-state index contributed by atoms with van der Waals surface area (Å²) < 4.78 is 5.28. The van der Waals surface area contributed by atoms with Gasteiger partial charge in [0.15, 0.2) is 0 Å². The molecule has 142 valence electrons. The lowest BCUT2D eigenvalue weighted by atomic mass is 9.75. The number of benzene rings is 1. The monoisotopic (exact) mass is 366 g/mol. The number of hydrogen-bond acceptors (Lipinski definition) is 4. The van der Waals surface area contributed by atoms with Gasteiger partial charge >= 0.3 is 0 Å². The number of pyridine rings is 1. The Morgan fingerprint density at radius 1 is 1.26 bits per heavy atom. The topological polar surface area (TPSA) is 71.5 Å². The molecule has 2 aliphatic carbocycles. The zero-order valence-electron chi connectivity index (χ0n) is 15.6. The summed E-state index contributed by atoms with van der Waals surface area (Å²) in [5.74, 6) is 1.34. The number of aromatic nitrogens is 1. The lowest BCUT2D eigenvalue weighted by Gasteiger charge is -2.38. The van der Waals surface area contributed by atoms with E-state index in [4.69, 9.17) is 4.74 Å². The molecule has 1 heterocycles. The van der Waals surface area contributed by atoms with Crippen LogP contribution < -0.4 is 10.1 Å². The van der Waals surface area contributed by atoms with E-state index >= 15 is 0 Å². The lowest BCUT2D eigenvalue weighted by molar-refractivity contribution is -0.123. The molecule has 0 spiro atoms. The molecule has 27 heavy (non-hydrogen) atoms. The first kappa shape index (κ1) is 18.0. The van der Waals surface area contributed by atoms with Gasteiger partial charge in [-0.15, -0.1) is 0 Å². The van der Waals surface area contributed by atoms with Gasteiger partial charge < -0.3 is 15.2 Å². The molecule has 0 aliphatic heterocycles. The number of fused-ring (bicyclic) bond motifs is 1. The molecule has 2 N–H and O–H groups in total. The second-order valence-electron chi connectivity index (χ2n) is 7.84. The third-order valence-corrected chi connectivity index (χ3v) is 5.88. The number of nitrogens with one attached hydrogen (secondary N) is 1. The number of carbonyl (C=O) groups is 1. The molecule has 1 saturated carbocycles. The lowest BCUT2D eigenvalue weighted by Crippen LogP contribution is -2.41. The molecule has 1 aromatic carbocycles. The predicted molar refractivity (Wildman–Crippen MR) is 102 cm³/mol. The minimum absolute atomic E-state index is 0.0713. The number of ether oxygens (including phenoxy) is 1. The minimum atomic E-state index is -0.266. The molecule has 1 amide bonds. The number of aliphatic hydroxyl groups excluding tert-OH is 1. The van der Waals surface area contributed by atoms with Gasteiger partial charge in [-0.2, -0.15) is 0 Å². The highest BCUT2D eigenvalue weighted by molar-refractivity contribution is 5.77. The number of nitrogens with zero attached hydrogens (tertiary/aromatic N) is 1. The van der Waals surface area contributed by atoms with Gasteiger partial charge in [0.05, 0.1) is 25.5 Å². The maximum atomic E-state index is 12.8. The smallest absolute Gasteiger partial charge is 0.220 e. The van der Waals surface area contributed by atoms with Gasteiger partial charge in [0.25, 0.3) is 0 Å². The van der Waals surface area contributed by atoms with Gasteiger partial charge in [0.2, 0.25) is 5.91 Å². The van der Waals surface area contributed by atoms with Crippen LogP contribution in [0.2, 0.25) is 0 Å². The number of aliphatic hydroxyl groups is 1. The van der Waals surface area contributed by atoms with E-state index in [0.29, 0.717) is 30.9 Å². The number of carbonyl (C=O) groups excluding carboxylic acids is 1. The second kappa shape index (κ2) is 7.69. The summed E-state index contributed by atoms with van der Waals surface area (Å²) in [6.07, 6.45) is 7.05. The first-order valence-electron chi connectivity index (χ1n) is 9.65. The van der Waals surface area contributed by atoms with Gasteiger partial charge in [-0.25, -0.2) is 0 Å². The van der Waals surface area contributed by atoms with E-state index in [1.54, 1.807) is 19.5 Å². The third kappa shape index (κ3) is 3.98. The van der Waals surface area contributed by atoms with Crippen LogP contribution in [0.4, 0.5) is 0 Å². The van der Waals surface area contributed by atoms with Crippen molar-refractivity contribution in [1.82, 2.24) is 10.3 Å². The van der Waals surface area contributed by atoms with Crippen molar-refractivity contribution < 1.29 is 14.6 Å². The molecule has 5 heteroatoms. The highest BCUT2D eigenvalue weighted by atomic mass is 16.5.